The minimum absolute atomic E-state index is 0.0655. The molecular weight excluding hydrogens is 452 g/mol. The van der Waals surface area contributed by atoms with Crippen LogP contribution in [-0.4, -0.2) is 47.7 Å². The Morgan fingerprint density at radius 2 is 1.97 bits per heavy atom. The quantitative estimate of drug-likeness (QED) is 0.461. The molecule has 11 heteroatoms. The van der Waals surface area contributed by atoms with Crippen molar-refractivity contribution in [1.82, 2.24) is 14.5 Å². The predicted molar refractivity (Wildman–Crippen MR) is 118 cm³/mol. The Morgan fingerprint density at radius 3 is 2.62 bits per heavy atom. The monoisotopic (exact) mass is 474 g/mol. The fourth-order valence-corrected chi connectivity index (χ4v) is 6.36. The van der Waals surface area contributed by atoms with Crippen molar-refractivity contribution in [3.8, 4) is 0 Å². The van der Waals surface area contributed by atoms with Gasteiger partial charge in [0.25, 0.3) is 0 Å². The summed E-state index contributed by atoms with van der Waals surface area (Å²) < 4.78 is 27.6. The highest BCUT2D eigenvalue weighted by atomic mass is 35.5. The summed E-state index contributed by atoms with van der Waals surface area (Å²) in [5.74, 6) is 0.547. The molecule has 0 atom stereocenters. The third kappa shape index (κ3) is 6.39. The average Bonchev–Trinajstić information content (AvgIpc) is 3.15. The SMILES string of the molecule is CCCSc1nnc(NC(=O)C2CCN(S(=O)(=O)Cc3ccc(Cl)cc3)CC2)s1. The number of carbonyl (C=O) groups is 1. The number of rotatable bonds is 8. The van der Waals surface area contributed by atoms with Crippen LogP contribution in [0, 0.1) is 5.92 Å². The van der Waals surface area contributed by atoms with E-state index in [1.165, 1.54) is 15.6 Å². The second kappa shape index (κ2) is 10.2. The summed E-state index contributed by atoms with van der Waals surface area (Å²) in [6.45, 7) is 2.77. The fraction of sp³-hybridized carbons (Fsp3) is 0.500. The first kappa shape index (κ1) is 22.5. The van der Waals surface area contributed by atoms with Crippen LogP contribution in [-0.2, 0) is 20.6 Å². The standard InChI is InChI=1S/C18H23ClN4O3S3/c1-2-11-27-18-22-21-17(28-18)20-16(24)14-7-9-23(10-8-14)29(25,26)12-13-3-5-15(19)6-4-13/h3-6,14H,2,7-12H2,1H3,(H,20,21,24). The van der Waals surface area contributed by atoms with Crippen molar-refractivity contribution in [3.63, 3.8) is 0 Å². The van der Waals surface area contributed by atoms with Crippen molar-refractivity contribution in [2.24, 2.45) is 5.92 Å². The number of benzene rings is 1. The molecule has 1 aromatic heterocycles. The van der Waals surface area contributed by atoms with Gasteiger partial charge in [-0.2, -0.15) is 0 Å². The zero-order valence-corrected chi connectivity index (χ0v) is 19.2. The van der Waals surface area contributed by atoms with Gasteiger partial charge in [0, 0.05) is 29.8 Å². The molecule has 0 unspecified atom stereocenters. The smallest absolute Gasteiger partial charge is 0.229 e. The number of halogens is 1. The Labute approximate surface area is 184 Å². The van der Waals surface area contributed by atoms with Crippen LogP contribution in [0.3, 0.4) is 0 Å². The van der Waals surface area contributed by atoms with Crippen molar-refractivity contribution in [3.05, 3.63) is 34.9 Å². The van der Waals surface area contributed by atoms with Crippen LogP contribution < -0.4 is 5.32 Å². The van der Waals surface area contributed by atoms with Crippen molar-refractivity contribution in [2.75, 3.05) is 24.2 Å². The Hall–Kier alpha value is -1.20. The highest BCUT2D eigenvalue weighted by Crippen LogP contribution is 2.28. The Morgan fingerprint density at radius 1 is 1.28 bits per heavy atom. The van der Waals surface area contributed by atoms with Gasteiger partial charge in [0.05, 0.1) is 5.75 Å². The van der Waals surface area contributed by atoms with Crippen molar-refractivity contribution < 1.29 is 13.2 Å². The van der Waals surface area contributed by atoms with Crippen LogP contribution >= 0.6 is 34.7 Å². The molecule has 1 amide bonds. The molecule has 0 radical (unpaired) electrons. The van der Waals surface area contributed by atoms with Crippen LogP contribution in [0.1, 0.15) is 31.7 Å². The molecule has 0 bridgehead atoms. The van der Waals surface area contributed by atoms with Crippen molar-refractivity contribution in [2.45, 2.75) is 36.3 Å². The minimum atomic E-state index is -3.43. The summed E-state index contributed by atoms with van der Waals surface area (Å²) in [4.78, 5) is 12.5. The number of sulfonamides is 1. The molecule has 0 saturated carbocycles. The van der Waals surface area contributed by atoms with Gasteiger partial charge in [0.2, 0.25) is 21.1 Å². The van der Waals surface area contributed by atoms with E-state index in [0.717, 1.165) is 16.5 Å². The molecule has 1 N–H and O–H groups in total. The molecule has 1 aromatic carbocycles. The number of aromatic nitrogens is 2. The lowest BCUT2D eigenvalue weighted by molar-refractivity contribution is -0.120. The second-order valence-corrected chi connectivity index (χ2v) is 11.5. The van der Waals surface area contributed by atoms with E-state index in [1.807, 2.05) is 0 Å². The van der Waals surface area contributed by atoms with E-state index in [9.17, 15) is 13.2 Å². The number of hydrogen-bond donors (Lipinski definition) is 1. The van der Waals surface area contributed by atoms with Gasteiger partial charge in [-0.1, -0.05) is 53.8 Å². The Bertz CT molecular complexity index is 926. The van der Waals surface area contributed by atoms with Crippen LogP contribution in [0.2, 0.25) is 5.02 Å². The molecule has 2 heterocycles. The maximum Gasteiger partial charge on any atom is 0.229 e. The summed E-state index contributed by atoms with van der Waals surface area (Å²) in [7, 11) is -3.43. The lowest BCUT2D eigenvalue weighted by atomic mass is 9.97. The second-order valence-electron chi connectivity index (χ2n) is 6.77. The van der Waals surface area contributed by atoms with Gasteiger partial charge in [-0.3, -0.25) is 4.79 Å². The molecule has 1 fully saturated rings. The molecule has 7 nitrogen and oxygen atoms in total. The molecule has 2 aromatic rings. The van der Waals surface area contributed by atoms with E-state index in [4.69, 9.17) is 11.6 Å². The zero-order chi connectivity index (χ0) is 20.9. The van der Waals surface area contributed by atoms with Gasteiger partial charge < -0.3 is 5.32 Å². The number of amides is 1. The third-order valence-corrected chi connectivity index (χ3v) is 8.83. The lowest BCUT2D eigenvalue weighted by Gasteiger charge is -2.30. The first-order chi connectivity index (χ1) is 13.9. The highest BCUT2D eigenvalue weighted by molar-refractivity contribution is 8.01. The first-order valence-corrected chi connectivity index (χ1v) is 13.2. The van der Waals surface area contributed by atoms with Gasteiger partial charge in [0.15, 0.2) is 4.34 Å². The highest BCUT2D eigenvalue weighted by Gasteiger charge is 2.31. The molecule has 0 aliphatic carbocycles. The van der Waals surface area contributed by atoms with Gasteiger partial charge >= 0.3 is 0 Å². The van der Waals surface area contributed by atoms with Crippen LogP contribution in [0.4, 0.5) is 5.13 Å². The van der Waals surface area contributed by atoms with E-state index >= 15 is 0 Å². The summed E-state index contributed by atoms with van der Waals surface area (Å²) in [6, 6.07) is 6.80. The number of nitrogens with one attached hydrogen (secondary N) is 1. The number of nitrogens with zero attached hydrogens (tertiary/aromatic N) is 3. The number of carbonyl (C=O) groups excluding carboxylic acids is 1. The molecule has 3 rings (SSSR count). The average molecular weight is 475 g/mol. The Kier molecular flexibility index (Phi) is 7.92. The molecule has 0 spiro atoms. The number of hydrogen-bond acceptors (Lipinski definition) is 7. The summed E-state index contributed by atoms with van der Waals surface area (Å²) in [5, 5.41) is 12.0. The van der Waals surface area contributed by atoms with E-state index < -0.39 is 10.0 Å². The molecule has 158 valence electrons. The van der Waals surface area contributed by atoms with E-state index in [1.54, 1.807) is 36.0 Å². The Balaban J connectivity index is 1.50. The van der Waals surface area contributed by atoms with E-state index in [-0.39, 0.29) is 17.6 Å². The van der Waals surface area contributed by atoms with Crippen LogP contribution in [0.15, 0.2) is 28.6 Å². The largest absolute Gasteiger partial charge is 0.300 e. The van der Waals surface area contributed by atoms with Gasteiger partial charge in [0.1, 0.15) is 0 Å². The molecule has 1 aliphatic heterocycles. The zero-order valence-electron chi connectivity index (χ0n) is 16.0. The van der Waals surface area contributed by atoms with Gasteiger partial charge in [-0.25, -0.2) is 12.7 Å². The molecule has 1 saturated heterocycles. The normalized spacial score (nSPS) is 16.1. The number of anilines is 1. The summed E-state index contributed by atoms with van der Waals surface area (Å²) >= 11 is 8.84. The fourth-order valence-electron chi connectivity index (χ4n) is 2.99. The maximum absolute atomic E-state index is 12.7. The lowest BCUT2D eigenvalue weighted by Crippen LogP contribution is -2.41. The molecule has 1 aliphatic rings. The van der Waals surface area contributed by atoms with Crippen molar-refractivity contribution in [1.29, 1.82) is 0 Å². The van der Waals surface area contributed by atoms with Crippen LogP contribution in [0.25, 0.3) is 0 Å². The molecular formula is C18H23ClN4O3S3. The number of piperidine rings is 1. The maximum atomic E-state index is 12.7. The van der Waals surface area contributed by atoms with Gasteiger partial charge in [-0.15, -0.1) is 10.2 Å². The topological polar surface area (TPSA) is 92.3 Å². The summed E-state index contributed by atoms with van der Waals surface area (Å²) in [5.41, 5.74) is 0.697. The van der Waals surface area contributed by atoms with E-state index in [2.05, 4.69) is 22.4 Å². The third-order valence-electron chi connectivity index (χ3n) is 4.55. The number of thioether (sulfide) groups is 1. The van der Waals surface area contributed by atoms with Crippen molar-refractivity contribution >= 4 is 55.8 Å². The van der Waals surface area contributed by atoms with Gasteiger partial charge in [-0.05, 0) is 37.0 Å². The van der Waals surface area contributed by atoms with Crippen LogP contribution in [0.5, 0.6) is 0 Å². The first-order valence-electron chi connectivity index (χ1n) is 9.37. The molecule has 29 heavy (non-hydrogen) atoms. The predicted octanol–water partition coefficient (Wildman–Crippen LogP) is 3.87. The van der Waals surface area contributed by atoms with E-state index in [0.29, 0.717) is 41.6 Å². The minimum Gasteiger partial charge on any atom is -0.300 e. The summed E-state index contributed by atoms with van der Waals surface area (Å²) in [6.07, 6.45) is 2.02.